The van der Waals surface area contributed by atoms with E-state index in [0.717, 1.165) is 17.1 Å². The summed E-state index contributed by atoms with van der Waals surface area (Å²) in [6, 6.07) is 0. The lowest BCUT2D eigenvalue weighted by atomic mass is 10.2. The SMILES string of the molecule is O=C(O)CCC(=O)N(CCN1CC=CC1=O)CCN1C(=O)C=CC1=O. The molecule has 4 amide bonds. The summed E-state index contributed by atoms with van der Waals surface area (Å²) in [5.74, 6) is -2.51. The number of carboxylic acids is 1. The summed E-state index contributed by atoms with van der Waals surface area (Å²) in [5.41, 5.74) is 0. The van der Waals surface area contributed by atoms with Gasteiger partial charge in [-0.05, 0) is 0 Å². The second-order valence-corrected chi connectivity index (χ2v) is 5.62. The first kappa shape index (κ1) is 18.4. The van der Waals surface area contributed by atoms with E-state index >= 15 is 0 Å². The molecule has 0 spiro atoms. The quantitative estimate of drug-likeness (QED) is 0.534. The molecule has 2 rings (SSSR count). The highest BCUT2D eigenvalue weighted by molar-refractivity contribution is 6.12. The van der Waals surface area contributed by atoms with Gasteiger partial charge >= 0.3 is 5.97 Å². The van der Waals surface area contributed by atoms with Crippen LogP contribution in [0.15, 0.2) is 24.3 Å². The molecule has 0 bridgehead atoms. The van der Waals surface area contributed by atoms with Crippen LogP contribution >= 0.6 is 0 Å². The average molecular weight is 349 g/mol. The minimum absolute atomic E-state index is 0.0235. The summed E-state index contributed by atoms with van der Waals surface area (Å²) in [5, 5.41) is 8.72. The number of hydrogen-bond donors (Lipinski definition) is 1. The minimum Gasteiger partial charge on any atom is -0.481 e. The van der Waals surface area contributed by atoms with Crippen LogP contribution in [-0.2, 0) is 24.0 Å². The summed E-state index contributed by atoms with van der Waals surface area (Å²) in [4.78, 5) is 61.5. The standard InChI is InChI=1S/C16H19N3O6/c20-12-2-1-7-17(12)8-9-18(13(21)5-6-16(24)25)10-11-19-14(22)3-4-15(19)23/h1-4H,5-11H2,(H,24,25). The van der Waals surface area contributed by atoms with E-state index in [4.69, 9.17) is 5.11 Å². The third-order valence-electron chi connectivity index (χ3n) is 3.94. The van der Waals surface area contributed by atoms with Crippen molar-refractivity contribution in [3.63, 3.8) is 0 Å². The highest BCUT2D eigenvalue weighted by Gasteiger charge is 2.25. The fraction of sp³-hybridized carbons (Fsp3) is 0.438. The Kier molecular flexibility index (Phi) is 6.04. The summed E-state index contributed by atoms with van der Waals surface area (Å²) >= 11 is 0. The topological polar surface area (TPSA) is 115 Å². The first-order chi connectivity index (χ1) is 11.9. The van der Waals surface area contributed by atoms with E-state index in [2.05, 4.69) is 0 Å². The molecule has 0 fully saturated rings. The molecule has 9 heteroatoms. The number of aliphatic carboxylic acids is 1. The Morgan fingerprint density at radius 2 is 1.60 bits per heavy atom. The molecule has 0 aromatic heterocycles. The summed E-state index contributed by atoms with van der Waals surface area (Å²) in [7, 11) is 0. The molecule has 9 nitrogen and oxygen atoms in total. The predicted octanol–water partition coefficient (Wildman–Crippen LogP) is -0.997. The number of rotatable bonds is 9. The molecule has 0 aliphatic carbocycles. The van der Waals surface area contributed by atoms with Crippen molar-refractivity contribution in [1.29, 1.82) is 0 Å². The van der Waals surface area contributed by atoms with E-state index < -0.39 is 23.7 Å². The van der Waals surface area contributed by atoms with Crippen LogP contribution in [0, 0.1) is 0 Å². The molecule has 2 aliphatic rings. The molecule has 0 atom stereocenters. The Morgan fingerprint density at radius 1 is 0.960 bits per heavy atom. The highest BCUT2D eigenvalue weighted by Crippen LogP contribution is 2.07. The Morgan fingerprint density at radius 3 is 2.16 bits per heavy atom. The predicted molar refractivity (Wildman–Crippen MR) is 85.0 cm³/mol. The van der Waals surface area contributed by atoms with E-state index in [9.17, 15) is 24.0 Å². The molecule has 0 unspecified atom stereocenters. The first-order valence-electron chi connectivity index (χ1n) is 7.87. The lowest BCUT2D eigenvalue weighted by molar-refractivity contribution is -0.141. The zero-order valence-electron chi connectivity index (χ0n) is 13.6. The molecule has 0 radical (unpaired) electrons. The lowest BCUT2D eigenvalue weighted by Crippen LogP contribution is -2.44. The summed E-state index contributed by atoms with van der Waals surface area (Å²) < 4.78 is 0. The van der Waals surface area contributed by atoms with Gasteiger partial charge in [0.15, 0.2) is 0 Å². The van der Waals surface area contributed by atoms with Crippen molar-refractivity contribution >= 4 is 29.6 Å². The number of carbonyl (C=O) groups excluding carboxylic acids is 4. The molecule has 0 aromatic rings. The van der Waals surface area contributed by atoms with Crippen molar-refractivity contribution in [1.82, 2.24) is 14.7 Å². The molecule has 0 saturated heterocycles. The van der Waals surface area contributed by atoms with Gasteiger partial charge in [0.25, 0.3) is 11.8 Å². The van der Waals surface area contributed by atoms with Crippen LogP contribution in [-0.4, -0.2) is 82.1 Å². The number of hydrogen-bond acceptors (Lipinski definition) is 5. The zero-order chi connectivity index (χ0) is 18.4. The van der Waals surface area contributed by atoms with Gasteiger partial charge in [0.1, 0.15) is 0 Å². The number of amides is 4. The number of carbonyl (C=O) groups is 5. The van der Waals surface area contributed by atoms with Gasteiger partial charge in [-0.2, -0.15) is 0 Å². The highest BCUT2D eigenvalue weighted by atomic mass is 16.4. The van der Waals surface area contributed by atoms with Gasteiger partial charge in [-0.15, -0.1) is 0 Å². The molecular weight excluding hydrogens is 330 g/mol. The fourth-order valence-corrected chi connectivity index (χ4v) is 2.52. The number of carboxylic acid groups (broad SMARTS) is 1. The molecule has 0 saturated carbocycles. The van der Waals surface area contributed by atoms with Gasteiger partial charge in [0, 0.05) is 57.4 Å². The van der Waals surface area contributed by atoms with Crippen LogP contribution in [0.3, 0.4) is 0 Å². The number of imide groups is 1. The van der Waals surface area contributed by atoms with Crippen LogP contribution in [0.1, 0.15) is 12.8 Å². The third kappa shape index (κ3) is 5.00. The first-order valence-corrected chi connectivity index (χ1v) is 7.87. The second kappa shape index (κ2) is 8.22. The molecule has 2 heterocycles. The molecular formula is C16H19N3O6. The average Bonchev–Trinajstić information content (AvgIpc) is 3.11. The van der Waals surface area contributed by atoms with Gasteiger partial charge in [-0.25, -0.2) is 0 Å². The Balaban J connectivity index is 1.91. The molecule has 0 aromatic carbocycles. The summed E-state index contributed by atoms with van der Waals surface area (Å²) in [6.07, 6.45) is 5.00. The third-order valence-corrected chi connectivity index (χ3v) is 3.94. The van der Waals surface area contributed by atoms with Crippen molar-refractivity contribution in [3.05, 3.63) is 24.3 Å². The maximum atomic E-state index is 12.2. The Hall–Kier alpha value is -2.97. The van der Waals surface area contributed by atoms with Crippen LogP contribution in [0.25, 0.3) is 0 Å². The van der Waals surface area contributed by atoms with Crippen LogP contribution in [0.5, 0.6) is 0 Å². The van der Waals surface area contributed by atoms with Gasteiger partial charge < -0.3 is 14.9 Å². The van der Waals surface area contributed by atoms with E-state index in [-0.39, 0.29) is 38.4 Å². The largest absolute Gasteiger partial charge is 0.481 e. The minimum atomic E-state index is -1.08. The van der Waals surface area contributed by atoms with Crippen LogP contribution in [0.4, 0.5) is 0 Å². The zero-order valence-corrected chi connectivity index (χ0v) is 13.6. The smallest absolute Gasteiger partial charge is 0.303 e. The van der Waals surface area contributed by atoms with Crippen molar-refractivity contribution in [2.24, 2.45) is 0 Å². The summed E-state index contributed by atoms with van der Waals surface area (Å²) in [6.45, 7) is 1.08. The molecule has 2 aliphatic heterocycles. The number of nitrogens with zero attached hydrogens (tertiary/aromatic N) is 3. The maximum Gasteiger partial charge on any atom is 0.303 e. The van der Waals surface area contributed by atoms with Crippen molar-refractivity contribution < 1.29 is 29.1 Å². The molecule has 25 heavy (non-hydrogen) atoms. The molecule has 134 valence electrons. The van der Waals surface area contributed by atoms with Crippen molar-refractivity contribution in [3.8, 4) is 0 Å². The fourth-order valence-electron chi connectivity index (χ4n) is 2.52. The molecule has 1 N–H and O–H groups in total. The van der Waals surface area contributed by atoms with Gasteiger partial charge in [-0.3, -0.25) is 28.9 Å². The van der Waals surface area contributed by atoms with E-state index in [1.54, 1.807) is 11.0 Å². The monoisotopic (exact) mass is 349 g/mol. The second-order valence-electron chi connectivity index (χ2n) is 5.62. The van der Waals surface area contributed by atoms with E-state index in [1.807, 2.05) is 0 Å². The lowest BCUT2D eigenvalue weighted by Gasteiger charge is -2.27. The maximum absolute atomic E-state index is 12.2. The normalized spacial score (nSPS) is 16.2. The van der Waals surface area contributed by atoms with E-state index in [0.29, 0.717) is 13.1 Å². The van der Waals surface area contributed by atoms with E-state index in [1.165, 1.54) is 11.0 Å². The van der Waals surface area contributed by atoms with Crippen molar-refractivity contribution in [2.75, 3.05) is 32.7 Å². The Labute approximate surface area is 144 Å². The van der Waals surface area contributed by atoms with Crippen LogP contribution < -0.4 is 0 Å². The van der Waals surface area contributed by atoms with Gasteiger partial charge in [-0.1, -0.05) is 6.08 Å². The van der Waals surface area contributed by atoms with Gasteiger partial charge in [0.05, 0.1) is 6.42 Å². The van der Waals surface area contributed by atoms with Gasteiger partial charge in [0.2, 0.25) is 11.8 Å². The van der Waals surface area contributed by atoms with Crippen molar-refractivity contribution in [2.45, 2.75) is 12.8 Å². The Bertz CT molecular complexity index is 636. The van der Waals surface area contributed by atoms with Crippen LogP contribution in [0.2, 0.25) is 0 Å².